The largest absolute Gasteiger partial charge is 0.481 e. The Balaban J connectivity index is 3.69. The van der Waals surface area contributed by atoms with E-state index in [4.69, 9.17) is 5.11 Å². The maximum Gasteiger partial charge on any atom is 0.306 e. The zero-order valence-electron chi connectivity index (χ0n) is 10.5. The van der Waals surface area contributed by atoms with Gasteiger partial charge in [-0.1, -0.05) is 52.9 Å². The predicted octanol–water partition coefficient (Wildman–Crippen LogP) is 4.09. The molecule has 0 amide bonds. The van der Waals surface area contributed by atoms with Gasteiger partial charge in [-0.25, -0.2) is 0 Å². The Morgan fingerprint density at radius 1 is 1.07 bits per heavy atom. The van der Waals surface area contributed by atoms with E-state index in [0.717, 1.165) is 25.7 Å². The third kappa shape index (κ3) is 8.46. The normalized spacial score (nSPS) is 13.1. The molecule has 0 aromatic heterocycles. The molecule has 0 aromatic rings. The molecule has 0 spiro atoms. The zero-order valence-corrected chi connectivity index (χ0v) is 10.5. The van der Waals surface area contributed by atoms with Gasteiger partial charge in [0.15, 0.2) is 0 Å². The Bertz CT molecular complexity index is 164. The second kappa shape index (κ2) is 8.75. The average Bonchev–Trinajstić information content (AvgIpc) is 2.15. The molecule has 0 rings (SSSR count). The van der Waals surface area contributed by atoms with Crippen molar-refractivity contribution < 1.29 is 9.90 Å². The van der Waals surface area contributed by atoms with Crippen molar-refractivity contribution in [1.82, 2.24) is 0 Å². The van der Waals surface area contributed by atoms with Crippen LogP contribution in [0.5, 0.6) is 0 Å². The van der Waals surface area contributed by atoms with Crippen LogP contribution in [0.2, 0.25) is 0 Å². The molecule has 0 aliphatic heterocycles. The molecule has 1 atom stereocenters. The number of carbonyl (C=O) groups is 1. The Labute approximate surface area is 94.1 Å². The zero-order chi connectivity index (χ0) is 11.7. The fourth-order valence-corrected chi connectivity index (χ4v) is 1.74. The summed E-state index contributed by atoms with van der Waals surface area (Å²) in [6, 6.07) is 0. The third-order valence-corrected chi connectivity index (χ3v) is 2.85. The molecule has 1 unspecified atom stereocenters. The van der Waals surface area contributed by atoms with E-state index in [9.17, 15) is 4.79 Å². The summed E-state index contributed by atoms with van der Waals surface area (Å²) >= 11 is 0. The van der Waals surface area contributed by atoms with Crippen molar-refractivity contribution in [2.24, 2.45) is 11.8 Å². The van der Waals surface area contributed by atoms with Crippen molar-refractivity contribution >= 4 is 5.97 Å². The van der Waals surface area contributed by atoms with Crippen LogP contribution in [-0.4, -0.2) is 11.1 Å². The summed E-state index contributed by atoms with van der Waals surface area (Å²) in [4.78, 5) is 11.0. The highest BCUT2D eigenvalue weighted by atomic mass is 16.4. The molecule has 0 aromatic carbocycles. The fraction of sp³-hybridized carbons (Fsp3) is 0.923. The van der Waals surface area contributed by atoms with Crippen LogP contribution in [0.25, 0.3) is 0 Å². The van der Waals surface area contributed by atoms with Crippen molar-refractivity contribution in [3.63, 3.8) is 0 Å². The summed E-state index contributed by atoms with van der Waals surface area (Å²) in [6.07, 6.45) is 7.44. The minimum Gasteiger partial charge on any atom is -0.481 e. The van der Waals surface area contributed by atoms with Crippen molar-refractivity contribution in [2.75, 3.05) is 0 Å². The lowest BCUT2D eigenvalue weighted by Crippen LogP contribution is -2.14. The van der Waals surface area contributed by atoms with Crippen LogP contribution >= 0.6 is 0 Å². The van der Waals surface area contributed by atoms with Gasteiger partial charge in [-0.2, -0.15) is 0 Å². The maximum atomic E-state index is 11.0. The van der Waals surface area contributed by atoms with Gasteiger partial charge in [-0.3, -0.25) is 4.79 Å². The van der Waals surface area contributed by atoms with Crippen LogP contribution in [0.1, 0.15) is 65.7 Å². The first-order valence-electron chi connectivity index (χ1n) is 6.30. The predicted molar refractivity (Wildman–Crippen MR) is 64.0 cm³/mol. The van der Waals surface area contributed by atoms with Gasteiger partial charge in [0.25, 0.3) is 0 Å². The van der Waals surface area contributed by atoms with Crippen LogP contribution < -0.4 is 0 Å². The minimum atomic E-state index is -0.604. The van der Waals surface area contributed by atoms with E-state index in [2.05, 4.69) is 20.8 Å². The third-order valence-electron chi connectivity index (χ3n) is 2.85. The van der Waals surface area contributed by atoms with Crippen LogP contribution in [0.15, 0.2) is 0 Å². The first-order chi connectivity index (χ1) is 7.07. The van der Waals surface area contributed by atoms with E-state index in [-0.39, 0.29) is 5.92 Å². The molecule has 0 aliphatic carbocycles. The van der Waals surface area contributed by atoms with Crippen molar-refractivity contribution in [3.8, 4) is 0 Å². The molecule has 0 bridgehead atoms. The smallest absolute Gasteiger partial charge is 0.306 e. The highest BCUT2D eigenvalue weighted by Gasteiger charge is 2.16. The number of carboxylic acid groups (broad SMARTS) is 1. The monoisotopic (exact) mass is 214 g/mol. The maximum absolute atomic E-state index is 11.0. The molecule has 15 heavy (non-hydrogen) atoms. The molecule has 90 valence electrons. The first kappa shape index (κ1) is 14.5. The first-order valence-corrected chi connectivity index (χ1v) is 6.30. The van der Waals surface area contributed by atoms with E-state index in [1.807, 2.05) is 0 Å². The van der Waals surface area contributed by atoms with Crippen LogP contribution in [0, 0.1) is 11.8 Å². The SMILES string of the molecule is CCCCCCC(CCC(C)C)C(=O)O. The van der Waals surface area contributed by atoms with Gasteiger partial charge in [-0.05, 0) is 18.8 Å². The molecule has 0 heterocycles. The van der Waals surface area contributed by atoms with E-state index in [1.165, 1.54) is 19.3 Å². The van der Waals surface area contributed by atoms with Gasteiger partial charge in [0, 0.05) is 0 Å². The second-order valence-electron chi connectivity index (χ2n) is 4.86. The number of unbranched alkanes of at least 4 members (excludes halogenated alkanes) is 3. The lowest BCUT2D eigenvalue weighted by atomic mass is 9.93. The number of aliphatic carboxylic acids is 1. The molecular formula is C13H26O2. The number of rotatable bonds is 9. The topological polar surface area (TPSA) is 37.3 Å². The van der Waals surface area contributed by atoms with Gasteiger partial charge >= 0.3 is 5.97 Å². The molecule has 2 heteroatoms. The Kier molecular flexibility index (Phi) is 8.44. The molecule has 0 aliphatic rings. The minimum absolute atomic E-state index is 0.107. The number of carboxylic acids is 1. The quantitative estimate of drug-likeness (QED) is 0.587. The van der Waals surface area contributed by atoms with Crippen LogP contribution in [0.4, 0.5) is 0 Å². The van der Waals surface area contributed by atoms with Crippen molar-refractivity contribution in [3.05, 3.63) is 0 Å². The fourth-order valence-electron chi connectivity index (χ4n) is 1.74. The molecular weight excluding hydrogens is 188 g/mol. The second-order valence-corrected chi connectivity index (χ2v) is 4.86. The Hall–Kier alpha value is -0.530. The molecule has 0 fully saturated rings. The molecule has 0 saturated heterocycles. The van der Waals surface area contributed by atoms with Gasteiger partial charge in [0.05, 0.1) is 5.92 Å². The average molecular weight is 214 g/mol. The number of hydrogen-bond acceptors (Lipinski definition) is 1. The van der Waals surface area contributed by atoms with Crippen LogP contribution in [0.3, 0.4) is 0 Å². The van der Waals surface area contributed by atoms with Crippen LogP contribution in [-0.2, 0) is 4.79 Å². The van der Waals surface area contributed by atoms with Gasteiger partial charge in [-0.15, -0.1) is 0 Å². The Morgan fingerprint density at radius 2 is 1.73 bits per heavy atom. The van der Waals surface area contributed by atoms with Crippen molar-refractivity contribution in [1.29, 1.82) is 0 Å². The number of hydrogen-bond donors (Lipinski definition) is 1. The summed E-state index contributed by atoms with van der Waals surface area (Å²) in [5.41, 5.74) is 0. The van der Waals surface area contributed by atoms with Gasteiger partial charge in [0.1, 0.15) is 0 Å². The molecule has 2 nitrogen and oxygen atoms in total. The highest BCUT2D eigenvalue weighted by Crippen LogP contribution is 2.19. The van der Waals surface area contributed by atoms with Crippen molar-refractivity contribution in [2.45, 2.75) is 65.7 Å². The summed E-state index contributed by atoms with van der Waals surface area (Å²) < 4.78 is 0. The molecule has 1 N–H and O–H groups in total. The Morgan fingerprint density at radius 3 is 2.20 bits per heavy atom. The summed E-state index contributed by atoms with van der Waals surface area (Å²) in [5, 5.41) is 9.04. The summed E-state index contributed by atoms with van der Waals surface area (Å²) in [7, 11) is 0. The lowest BCUT2D eigenvalue weighted by molar-refractivity contribution is -0.142. The standard InChI is InChI=1S/C13H26O2/c1-4-5-6-7-8-12(13(14)15)10-9-11(2)3/h11-12H,4-10H2,1-3H3,(H,14,15). The van der Waals surface area contributed by atoms with E-state index >= 15 is 0 Å². The molecule has 0 radical (unpaired) electrons. The lowest BCUT2D eigenvalue weighted by Gasteiger charge is -2.13. The van der Waals surface area contributed by atoms with Gasteiger partial charge in [0.2, 0.25) is 0 Å². The molecule has 0 saturated carbocycles. The summed E-state index contributed by atoms with van der Waals surface area (Å²) in [6.45, 7) is 6.47. The highest BCUT2D eigenvalue weighted by molar-refractivity contribution is 5.69. The van der Waals surface area contributed by atoms with Gasteiger partial charge < -0.3 is 5.11 Å². The summed E-state index contributed by atoms with van der Waals surface area (Å²) in [5.74, 6) is -0.0982. The van der Waals surface area contributed by atoms with E-state index in [0.29, 0.717) is 5.92 Å². The van der Waals surface area contributed by atoms with E-state index in [1.54, 1.807) is 0 Å². The van der Waals surface area contributed by atoms with E-state index < -0.39 is 5.97 Å².